The fourth-order valence-electron chi connectivity index (χ4n) is 1.76. The molecule has 1 aromatic carbocycles. The molecule has 0 saturated heterocycles. The van der Waals surface area contributed by atoms with E-state index in [0.717, 1.165) is 36.9 Å². The number of hydrogen-bond acceptors (Lipinski definition) is 2. The second-order valence-electron chi connectivity index (χ2n) is 3.84. The number of carbonyl (C=O) groups is 1. The van der Waals surface area contributed by atoms with Crippen molar-refractivity contribution in [1.29, 1.82) is 0 Å². The van der Waals surface area contributed by atoms with Crippen molar-refractivity contribution in [3.8, 4) is 5.75 Å². The zero-order chi connectivity index (χ0) is 12.0. The van der Waals surface area contributed by atoms with Gasteiger partial charge in [-0.15, -0.1) is 0 Å². The number of methoxy groups -OCH3 is 1. The van der Waals surface area contributed by atoms with Crippen molar-refractivity contribution in [2.45, 2.75) is 32.6 Å². The molecule has 0 bridgehead atoms. The first-order valence-corrected chi connectivity index (χ1v) is 5.83. The number of halogens is 1. The Kier molecular flexibility index (Phi) is 5.33. The molecule has 16 heavy (non-hydrogen) atoms. The summed E-state index contributed by atoms with van der Waals surface area (Å²) in [7, 11) is 1.62. The lowest BCUT2D eigenvalue weighted by molar-refractivity contribution is -0.107. The Morgan fingerprint density at radius 2 is 2.12 bits per heavy atom. The molecule has 0 radical (unpaired) electrons. The maximum atomic E-state index is 10.2. The van der Waals surface area contributed by atoms with Crippen molar-refractivity contribution < 1.29 is 9.53 Å². The molecule has 1 aromatic rings. The Labute approximate surface area is 102 Å². The molecule has 0 atom stereocenters. The minimum absolute atomic E-state index is 0.642. The van der Waals surface area contributed by atoms with Gasteiger partial charge in [-0.2, -0.15) is 0 Å². The molecule has 0 unspecified atom stereocenters. The van der Waals surface area contributed by atoms with Gasteiger partial charge in [0.15, 0.2) is 0 Å². The van der Waals surface area contributed by atoms with Crippen LogP contribution in [-0.2, 0) is 11.2 Å². The molecular formula is C13H17ClO2. The first kappa shape index (κ1) is 13.0. The van der Waals surface area contributed by atoms with Gasteiger partial charge in [-0.05, 0) is 43.4 Å². The van der Waals surface area contributed by atoms with Gasteiger partial charge in [0.2, 0.25) is 0 Å². The lowest BCUT2D eigenvalue weighted by atomic mass is 10.0. The van der Waals surface area contributed by atoms with Gasteiger partial charge in [0.25, 0.3) is 0 Å². The summed E-state index contributed by atoms with van der Waals surface area (Å²) < 4.78 is 5.20. The number of unbranched alkanes of at least 4 members (excludes halogenated alkanes) is 2. The van der Waals surface area contributed by atoms with Crippen LogP contribution in [0.2, 0.25) is 5.02 Å². The summed E-state index contributed by atoms with van der Waals surface area (Å²) in [6, 6.07) is 4.03. The maximum absolute atomic E-state index is 10.2. The number of aldehydes is 1. The summed E-state index contributed by atoms with van der Waals surface area (Å²) in [6.45, 7) is 1.99. The second kappa shape index (κ2) is 6.54. The molecule has 0 aliphatic rings. The van der Waals surface area contributed by atoms with Crippen LogP contribution in [0.15, 0.2) is 12.1 Å². The fraction of sp³-hybridized carbons (Fsp3) is 0.462. The molecule has 0 fully saturated rings. The molecule has 0 heterocycles. The first-order valence-electron chi connectivity index (χ1n) is 5.45. The normalized spacial score (nSPS) is 10.2. The number of rotatable bonds is 6. The van der Waals surface area contributed by atoms with Gasteiger partial charge in [-0.1, -0.05) is 17.7 Å². The summed E-state index contributed by atoms with van der Waals surface area (Å²) in [4.78, 5) is 10.2. The largest absolute Gasteiger partial charge is 0.495 e. The summed E-state index contributed by atoms with van der Waals surface area (Å²) in [5.41, 5.74) is 2.26. The molecule has 0 aliphatic carbocycles. The SMILES string of the molecule is COc1c(C)cc(CCCCC=O)cc1Cl. The number of ether oxygens (including phenoxy) is 1. The number of hydrogen-bond donors (Lipinski definition) is 0. The molecule has 0 N–H and O–H groups in total. The van der Waals surface area contributed by atoms with E-state index < -0.39 is 0 Å². The Morgan fingerprint density at radius 3 is 2.69 bits per heavy atom. The van der Waals surface area contributed by atoms with Crippen molar-refractivity contribution in [3.63, 3.8) is 0 Å². The minimum atomic E-state index is 0.642. The smallest absolute Gasteiger partial charge is 0.140 e. The highest BCUT2D eigenvalue weighted by Gasteiger charge is 2.06. The summed E-state index contributed by atoms with van der Waals surface area (Å²) in [6.07, 6.45) is 4.51. The van der Waals surface area contributed by atoms with Crippen LogP contribution in [0.25, 0.3) is 0 Å². The van der Waals surface area contributed by atoms with Crippen molar-refractivity contribution in [2.75, 3.05) is 7.11 Å². The van der Waals surface area contributed by atoms with E-state index in [4.69, 9.17) is 16.3 Å². The fourth-order valence-corrected chi connectivity index (χ4v) is 2.13. The van der Waals surface area contributed by atoms with Gasteiger partial charge in [0, 0.05) is 6.42 Å². The molecule has 2 nitrogen and oxygen atoms in total. The number of benzene rings is 1. The average molecular weight is 241 g/mol. The third kappa shape index (κ3) is 3.53. The van der Waals surface area contributed by atoms with Crippen LogP contribution in [0.3, 0.4) is 0 Å². The number of aryl methyl sites for hydroxylation is 2. The molecule has 3 heteroatoms. The van der Waals surface area contributed by atoms with Gasteiger partial charge >= 0.3 is 0 Å². The first-order chi connectivity index (χ1) is 7.69. The van der Waals surface area contributed by atoms with Gasteiger partial charge in [0.05, 0.1) is 12.1 Å². The van der Waals surface area contributed by atoms with E-state index in [1.54, 1.807) is 7.11 Å². The van der Waals surface area contributed by atoms with Crippen LogP contribution in [0.1, 0.15) is 30.4 Å². The van der Waals surface area contributed by atoms with Crippen LogP contribution >= 0.6 is 11.6 Å². The van der Waals surface area contributed by atoms with E-state index in [9.17, 15) is 4.79 Å². The predicted octanol–water partition coefficient (Wildman–Crippen LogP) is 3.57. The van der Waals surface area contributed by atoms with E-state index in [1.165, 1.54) is 5.56 Å². The standard InChI is InChI=1S/C13H17ClO2/c1-10-8-11(6-4-3-5-7-15)9-12(14)13(10)16-2/h7-9H,3-6H2,1-2H3. The summed E-state index contributed by atoms with van der Waals surface area (Å²) >= 11 is 6.09. The average Bonchev–Trinajstić information content (AvgIpc) is 2.24. The minimum Gasteiger partial charge on any atom is -0.495 e. The summed E-state index contributed by atoms with van der Waals surface area (Å²) in [5.74, 6) is 0.748. The molecule has 0 amide bonds. The van der Waals surface area contributed by atoms with E-state index in [0.29, 0.717) is 11.4 Å². The third-order valence-electron chi connectivity index (χ3n) is 2.53. The van der Waals surface area contributed by atoms with Crippen LogP contribution < -0.4 is 4.74 Å². The highest BCUT2D eigenvalue weighted by molar-refractivity contribution is 6.32. The second-order valence-corrected chi connectivity index (χ2v) is 4.25. The highest BCUT2D eigenvalue weighted by atomic mass is 35.5. The lowest BCUT2D eigenvalue weighted by Gasteiger charge is -2.09. The van der Waals surface area contributed by atoms with Crippen LogP contribution in [0.5, 0.6) is 5.75 Å². The molecule has 88 valence electrons. The van der Waals surface area contributed by atoms with Crippen molar-refractivity contribution >= 4 is 17.9 Å². The Bertz CT molecular complexity index is 338. The van der Waals surface area contributed by atoms with Gasteiger partial charge in [-0.3, -0.25) is 0 Å². The van der Waals surface area contributed by atoms with Gasteiger partial charge in [-0.25, -0.2) is 0 Å². The monoisotopic (exact) mass is 240 g/mol. The topological polar surface area (TPSA) is 26.3 Å². The van der Waals surface area contributed by atoms with Crippen molar-refractivity contribution in [1.82, 2.24) is 0 Å². The zero-order valence-corrected chi connectivity index (χ0v) is 10.5. The Morgan fingerprint density at radius 1 is 1.38 bits per heavy atom. The van der Waals surface area contributed by atoms with E-state index in [-0.39, 0.29) is 0 Å². The van der Waals surface area contributed by atoms with E-state index in [1.807, 2.05) is 13.0 Å². The summed E-state index contributed by atoms with van der Waals surface area (Å²) in [5, 5.41) is 0.660. The Hall–Kier alpha value is -1.02. The zero-order valence-electron chi connectivity index (χ0n) is 9.75. The van der Waals surface area contributed by atoms with Gasteiger partial charge < -0.3 is 9.53 Å². The highest BCUT2D eigenvalue weighted by Crippen LogP contribution is 2.30. The predicted molar refractivity (Wildman–Crippen MR) is 66.4 cm³/mol. The van der Waals surface area contributed by atoms with Crippen LogP contribution in [0.4, 0.5) is 0 Å². The molecule has 0 saturated carbocycles. The van der Waals surface area contributed by atoms with Crippen LogP contribution in [-0.4, -0.2) is 13.4 Å². The van der Waals surface area contributed by atoms with Gasteiger partial charge in [0.1, 0.15) is 12.0 Å². The quantitative estimate of drug-likeness (QED) is 0.561. The molecule has 0 aliphatic heterocycles. The van der Waals surface area contributed by atoms with Crippen LogP contribution in [0, 0.1) is 6.92 Å². The third-order valence-corrected chi connectivity index (χ3v) is 2.81. The molecule has 0 aromatic heterocycles. The Balaban J connectivity index is 2.64. The molecule has 1 rings (SSSR count). The molecular weight excluding hydrogens is 224 g/mol. The van der Waals surface area contributed by atoms with Crippen molar-refractivity contribution in [3.05, 3.63) is 28.3 Å². The molecule has 0 spiro atoms. The number of carbonyl (C=O) groups excluding carboxylic acids is 1. The van der Waals surface area contributed by atoms with E-state index in [2.05, 4.69) is 6.07 Å². The van der Waals surface area contributed by atoms with E-state index >= 15 is 0 Å². The van der Waals surface area contributed by atoms with Crippen molar-refractivity contribution in [2.24, 2.45) is 0 Å². The lowest BCUT2D eigenvalue weighted by Crippen LogP contribution is -1.93. The maximum Gasteiger partial charge on any atom is 0.140 e.